The Morgan fingerprint density at radius 3 is 2.21 bits per heavy atom. The lowest BCUT2D eigenvalue weighted by Gasteiger charge is -2.53. The monoisotopic (exact) mass is 651 g/mol. The number of aliphatic hydroxyl groups is 1. The summed E-state index contributed by atoms with van der Waals surface area (Å²) in [4.78, 5) is 19.0. The quantitative estimate of drug-likeness (QED) is 0.292. The summed E-state index contributed by atoms with van der Waals surface area (Å²) in [6.07, 6.45) is -4.84. The second kappa shape index (κ2) is 13.7. The maximum absolute atomic E-state index is 13.8. The first-order valence-electron chi connectivity index (χ1n) is 15.3. The van der Waals surface area contributed by atoms with Gasteiger partial charge in [-0.15, -0.1) is 23.0 Å². The number of carbonyl (C=O) groups excluding carboxylic acids is 1. The van der Waals surface area contributed by atoms with E-state index in [0.717, 1.165) is 11.1 Å². The summed E-state index contributed by atoms with van der Waals surface area (Å²) in [7, 11) is 2.89. The number of halogens is 3. The molecule has 3 heterocycles. The SMILES string of the molecule is COc1ccc(-c2nnnn2C(F)(F)F)c(OC)c1CN1CC2CN(C(=O)CO)CCN2C(C(c2ccccc2)c2ccccc2)C1. The van der Waals surface area contributed by atoms with Crippen LogP contribution in [-0.4, -0.2) is 112 Å². The number of methoxy groups -OCH3 is 2. The number of benzene rings is 3. The molecule has 6 rings (SSSR count). The number of piperazine rings is 2. The van der Waals surface area contributed by atoms with Crippen molar-refractivity contribution in [3.8, 4) is 22.9 Å². The third-order valence-corrected chi connectivity index (χ3v) is 9.03. The molecule has 248 valence electrons. The molecule has 4 aromatic rings. The van der Waals surface area contributed by atoms with Crippen molar-refractivity contribution in [1.82, 2.24) is 34.9 Å². The van der Waals surface area contributed by atoms with E-state index in [1.165, 1.54) is 20.3 Å². The molecule has 1 aromatic heterocycles. The molecule has 2 fully saturated rings. The number of fused-ring (bicyclic) bond motifs is 1. The smallest absolute Gasteiger partial charge is 0.496 e. The van der Waals surface area contributed by atoms with E-state index in [9.17, 15) is 23.1 Å². The van der Waals surface area contributed by atoms with Crippen LogP contribution in [0.2, 0.25) is 0 Å². The molecule has 47 heavy (non-hydrogen) atoms. The Hall–Kier alpha value is -4.53. The summed E-state index contributed by atoms with van der Waals surface area (Å²) in [5.74, 6) is -0.223. The predicted octanol–water partition coefficient (Wildman–Crippen LogP) is 3.36. The highest BCUT2D eigenvalue weighted by Crippen LogP contribution is 2.42. The normalized spacial score (nSPS) is 19.1. The van der Waals surface area contributed by atoms with E-state index < -0.39 is 18.7 Å². The molecule has 0 aliphatic carbocycles. The van der Waals surface area contributed by atoms with Crippen molar-refractivity contribution >= 4 is 5.91 Å². The van der Waals surface area contributed by atoms with Crippen molar-refractivity contribution in [3.63, 3.8) is 0 Å². The molecule has 2 saturated heterocycles. The van der Waals surface area contributed by atoms with Crippen LogP contribution in [0.3, 0.4) is 0 Å². The minimum atomic E-state index is -4.84. The third-order valence-electron chi connectivity index (χ3n) is 9.03. The third kappa shape index (κ3) is 6.53. The predicted molar refractivity (Wildman–Crippen MR) is 166 cm³/mol. The van der Waals surface area contributed by atoms with E-state index in [4.69, 9.17) is 9.47 Å². The van der Waals surface area contributed by atoms with Gasteiger partial charge >= 0.3 is 6.30 Å². The van der Waals surface area contributed by atoms with E-state index >= 15 is 0 Å². The van der Waals surface area contributed by atoms with Gasteiger partial charge in [0.1, 0.15) is 18.1 Å². The Morgan fingerprint density at radius 2 is 1.62 bits per heavy atom. The van der Waals surface area contributed by atoms with E-state index in [2.05, 4.69) is 49.6 Å². The second-order valence-electron chi connectivity index (χ2n) is 11.7. The number of hydrogen-bond donors (Lipinski definition) is 1. The fourth-order valence-electron chi connectivity index (χ4n) is 7.03. The van der Waals surface area contributed by atoms with Gasteiger partial charge < -0.3 is 19.5 Å². The van der Waals surface area contributed by atoms with Crippen molar-refractivity contribution in [3.05, 3.63) is 89.5 Å². The van der Waals surface area contributed by atoms with Crippen molar-refractivity contribution in [2.75, 3.05) is 53.6 Å². The molecule has 2 unspecified atom stereocenters. The minimum absolute atomic E-state index is 0.0191. The summed E-state index contributed by atoms with van der Waals surface area (Å²) >= 11 is 0. The lowest BCUT2D eigenvalue weighted by molar-refractivity contribution is -0.212. The highest BCUT2D eigenvalue weighted by atomic mass is 19.4. The molecule has 2 aliphatic heterocycles. The van der Waals surface area contributed by atoms with Crippen molar-refractivity contribution in [2.24, 2.45) is 0 Å². The molecule has 0 radical (unpaired) electrons. The van der Waals surface area contributed by atoms with Gasteiger partial charge in [0.2, 0.25) is 5.91 Å². The Balaban J connectivity index is 1.42. The Bertz CT molecular complexity index is 1630. The fourth-order valence-corrected chi connectivity index (χ4v) is 7.03. The van der Waals surface area contributed by atoms with Gasteiger partial charge in [-0.05, 0) is 33.7 Å². The lowest BCUT2D eigenvalue weighted by atomic mass is 9.81. The average Bonchev–Trinajstić information content (AvgIpc) is 3.59. The maximum Gasteiger partial charge on any atom is 0.507 e. The zero-order chi connectivity index (χ0) is 33.1. The summed E-state index contributed by atoms with van der Waals surface area (Å²) in [6, 6.07) is 23.5. The van der Waals surface area contributed by atoms with Crippen LogP contribution in [0.5, 0.6) is 11.5 Å². The van der Waals surface area contributed by atoms with Crippen molar-refractivity contribution in [2.45, 2.75) is 30.8 Å². The van der Waals surface area contributed by atoms with E-state index in [1.54, 1.807) is 11.0 Å². The van der Waals surface area contributed by atoms with Gasteiger partial charge in [0, 0.05) is 57.3 Å². The molecule has 1 N–H and O–H groups in total. The van der Waals surface area contributed by atoms with Gasteiger partial charge in [0.05, 0.1) is 25.3 Å². The van der Waals surface area contributed by atoms with Gasteiger partial charge in [-0.2, -0.15) is 0 Å². The minimum Gasteiger partial charge on any atom is -0.496 e. The number of carbonyl (C=O) groups is 1. The van der Waals surface area contributed by atoms with Crippen LogP contribution in [0.25, 0.3) is 11.4 Å². The fraction of sp³-hybridized carbons (Fsp3) is 0.394. The molecule has 0 spiro atoms. The van der Waals surface area contributed by atoms with Gasteiger partial charge in [0.15, 0.2) is 5.82 Å². The van der Waals surface area contributed by atoms with Gasteiger partial charge in [-0.25, -0.2) is 0 Å². The van der Waals surface area contributed by atoms with Crippen LogP contribution >= 0.6 is 0 Å². The number of aliphatic hydroxyl groups excluding tert-OH is 1. The van der Waals surface area contributed by atoms with Gasteiger partial charge in [-0.1, -0.05) is 60.7 Å². The Kier molecular flexibility index (Phi) is 9.43. The highest BCUT2D eigenvalue weighted by Gasteiger charge is 2.43. The maximum atomic E-state index is 13.8. The number of aromatic nitrogens is 4. The standard InChI is InChI=1S/C33H36F3N7O4/c1-46-28-14-13-25(32-37-38-39-43(32)33(34,35)36)31(47-2)26(28)19-40-17-24-18-41(29(45)21-44)15-16-42(24)27(20-40)30(22-9-5-3-6-10-22)23-11-7-4-8-12-23/h3-14,24,27,30,44H,15-21H2,1-2H3. The zero-order valence-electron chi connectivity index (χ0n) is 26.0. The zero-order valence-corrected chi connectivity index (χ0v) is 26.0. The first-order chi connectivity index (χ1) is 22.7. The van der Waals surface area contributed by atoms with E-state index in [1.807, 2.05) is 36.4 Å². The number of hydrogen-bond acceptors (Lipinski definition) is 9. The van der Waals surface area contributed by atoms with Crippen LogP contribution in [0, 0.1) is 0 Å². The molecule has 2 aliphatic rings. The number of rotatable bonds is 9. The molecule has 1 amide bonds. The molecule has 14 heteroatoms. The van der Waals surface area contributed by atoms with Gasteiger partial charge in [-0.3, -0.25) is 14.6 Å². The summed E-state index contributed by atoms with van der Waals surface area (Å²) in [5, 5.41) is 19.7. The molecular weight excluding hydrogens is 615 g/mol. The summed E-state index contributed by atoms with van der Waals surface area (Å²) in [5.41, 5.74) is 2.92. The number of tetrazole rings is 1. The number of nitrogens with zero attached hydrogens (tertiary/aromatic N) is 7. The van der Waals surface area contributed by atoms with Crippen LogP contribution in [-0.2, 0) is 17.6 Å². The van der Waals surface area contributed by atoms with Crippen molar-refractivity contribution in [1.29, 1.82) is 0 Å². The lowest BCUT2D eigenvalue weighted by Crippen LogP contribution is -2.67. The van der Waals surface area contributed by atoms with Crippen LogP contribution in [0.1, 0.15) is 22.6 Å². The Morgan fingerprint density at radius 1 is 0.936 bits per heavy atom. The second-order valence-corrected chi connectivity index (χ2v) is 11.7. The summed E-state index contributed by atoms with van der Waals surface area (Å²) < 4.78 is 52.7. The molecule has 3 aromatic carbocycles. The Labute approximate surface area is 270 Å². The molecule has 0 saturated carbocycles. The number of ether oxygens (including phenoxy) is 2. The topological polar surface area (TPSA) is 109 Å². The van der Waals surface area contributed by atoms with E-state index in [-0.39, 0.29) is 46.4 Å². The van der Waals surface area contributed by atoms with Crippen LogP contribution in [0.15, 0.2) is 72.8 Å². The molecular formula is C33H36F3N7O4. The van der Waals surface area contributed by atoms with Gasteiger partial charge in [0.25, 0.3) is 0 Å². The average molecular weight is 652 g/mol. The van der Waals surface area contributed by atoms with Crippen LogP contribution in [0.4, 0.5) is 13.2 Å². The largest absolute Gasteiger partial charge is 0.507 e. The van der Waals surface area contributed by atoms with E-state index in [0.29, 0.717) is 44.0 Å². The molecule has 2 atom stereocenters. The van der Waals surface area contributed by atoms with Crippen LogP contribution < -0.4 is 9.47 Å². The molecule has 11 nitrogen and oxygen atoms in total. The highest BCUT2D eigenvalue weighted by molar-refractivity contribution is 5.77. The first kappa shape index (κ1) is 32.4. The molecule has 0 bridgehead atoms. The van der Waals surface area contributed by atoms with Crippen molar-refractivity contribution < 1.29 is 32.5 Å². The summed E-state index contributed by atoms with van der Waals surface area (Å²) in [6.45, 7) is 2.44. The number of alkyl halides is 3. The first-order valence-corrected chi connectivity index (χ1v) is 15.3. The number of amides is 1.